The molecule has 0 spiro atoms. The summed E-state index contributed by atoms with van der Waals surface area (Å²) in [7, 11) is 0. The molecule has 1 atom stereocenters. The van der Waals surface area contributed by atoms with E-state index >= 15 is 0 Å². The summed E-state index contributed by atoms with van der Waals surface area (Å²) in [5.41, 5.74) is 12.0. The van der Waals surface area contributed by atoms with Crippen LogP contribution >= 0.6 is 0 Å². The lowest BCUT2D eigenvalue weighted by molar-refractivity contribution is 0.557. The quantitative estimate of drug-likeness (QED) is 0.533. The summed E-state index contributed by atoms with van der Waals surface area (Å²) in [6, 6.07) is 7.96. The van der Waals surface area contributed by atoms with Crippen molar-refractivity contribution in [3.63, 3.8) is 0 Å². The number of hydrogen-bond acceptors (Lipinski definition) is 0. The maximum Gasteiger partial charge on any atom is 0.0685 e. The molecular formula is C10H11N. The van der Waals surface area contributed by atoms with Crippen LogP contribution in [-0.2, 0) is 6.42 Å². The van der Waals surface area contributed by atoms with Gasteiger partial charge in [0, 0.05) is 0 Å². The SMILES string of the molecule is [N]C1CCCc2ccccc21. The van der Waals surface area contributed by atoms with Crippen molar-refractivity contribution in [3.05, 3.63) is 35.4 Å². The van der Waals surface area contributed by atoms with Crippen LogP contribution in [0.4, 0.5) is 0 Å². The predicted molar refractivity (Wildman–Crippen MR) is 44.3 cm³/mol. The standard InChI is InChI=1S/C10H11N/c11-10-7-3-5-8-4-1-2-6-9(8)10/h1-2,4,6,10H,3,5,7H2. The zero-order valence-electron chi connectivity index (χ0n) is 6.46. The fourth-order valence-electron chi connectivity index (χ4n) is 1.73. The number of fused-ring (bicyclic) bond motifs is 1. The van der Waals surface area contributed by atoms with E-state index in [4.69, 9.17) is 0 Å². The van der Waals surface area contributed by atoms with Crippen molar-refractivity contribution in [3.8, 4) is 0 Å². The Kier molecular flexibility index (Phi) is 1.66. The van der Waals surface area contributed by atoms with E-state index < -0.39 is 0 Å². The number of rotatable bonds is 0. The normalized spacial score (nSPS) is 22.8. The van der Waals surface area contributed by atoms with Gasteiger partial charge >= 0.3 is 0 Å². The molecule has 1 aromatic carbocycles. The van der Waals surface area contributed by atoms with Crippen LogP contribution in [0, 0.1) is 0 Å². The topological polar surface area (TPSA) is 22.3 Å². The van der Waals surface area contributed by atoms with Crippen molar-refractivity contribution in [1.29, 1.82) is 0 Å². The third-order valence-corrected chi connectivity index (χ3v) is 2.34. The average molecular weight is 145 g/mol. The van der Waals surface area contributed by atoms with Crippen LogP contribution in [-0.4, -0.2) is 0 Å². The van der Waals surface area contributed by atoms with Gasteiger partial charge < -0.3 is 0 Å². The molecule has 0 N–H and O–H groups in total. The van der Waals surface area contributed by atoms with Crippen molar-refractivity contribution in [2.45, 2.75) is 25.3 Å². The number of aryl methyl sites for hydroxylation is 1. The van der Waals surface area contributed by atoms with E-state index in [0.29, 0.717) is 0 Å². The summed E-state index contributed by atoms with van der Waals surface area (Å²) in [6.45, 7) is 0. The molecule has 2 radical (unpaired) electrons. The minimum absolute atomic E-state index is 0.208. The molecule has 1 aliphatic carbocycles. The highest BCUT2D eigenvalue weighted by Gasteiger charge is 2.16. The molecule has 0 amide bonds. The zero-order chi connectivity index (χ0) is 7.68. The Bertz CT molecular complexity index is 255. The third-order valence-electron chi connectivity index (χ3n) is 2.34. The van der Waals surface area contributed by atoms with Crippen LogP contribution in [0.1, 0.15) is 30.0 Å². The van der Waals surface area contributed by atoms with Gasteiger partial charge in [0.25, 0.3) is 0 Å². The molecule has 1 aliphatic rings. The highest BCUT2D eigenvalue weighted by Crippen LogP contribution is 2.28. The summed E-state index contributed by atoms with van der Waals surface area (Å²) in [6.07, 6.45) is 3.18. The Hall–Kier alpha value is -0.820. The Morgan fingerprint density at radius 2 is 2.09 bits per heavy atom. The number of nitrogens with zero attached hydrogens (tertiary/aromatic N) is 1. The maximum absolute atomic E-state index is 9.56. The van der Waals surface area contributed by atoms with E-state index in [2.05, 4.69) is 6.07 Å². The van der Waals surface area contributed by atoms with Gasteiger partial charge in [-0.25, -0.2) is 0 Å². The van der Waals surface area contributed by atoms with Crippen molar-refractivity contribution >= 4 is 0 Å². The number of hydrogen-bond donors (Lipinski definition) is 0. The summed E-state index contributed by atoms with van der Waals surface area (Å²) in [5.74, 6) is 0. The Labute approximate surface area is 67.2 Å². The van der Waals surface area contributed by atoms with Crippen molar-refractivity contribution < 1.29 is 0 Å². The van der Waals surface area contributed by atoms with E-state index in [1.165, 1.54) is 5.56 Å². The fraction of sp³-hybridized carbons (Fsp3) is 0.400. The van der Waals surface area contributed by atoms with Crippen LogP contribution in [0.3, 0.4) is 0 Å². The lowest BCUT2D eigenvalue weighted by Crippen LogP contribution is -2.09. The molecule has 0 saturated carbocycles. The molecule has 1 aromatic rings. The van der Waals surface area contributed by atoms with Crippen LogP contribution in [0.2, 0.25) is 0 Å². The lowest BCUT2D eigenvalue weighted by atomic mass is 9.88. The van der Waals surface area contributed by atoms with E-state index in [9.17, 15) is 5.73 Å². The summed E-state index contributed by atoms with van der Waals surface area (Å²) >= 11 is 0. The first-order valence-electron chi connectivity index (χ1n) is 4.14. The first kappa shape index (κ1) is 6.86. The van der Waals surface area contributed by atoms with Gasteiger partial charge in [-0.2, -0.15) is 0 Å². The minimum Gasteiger partial charge on any atom is -0.136 e. The van der Waals surface area contributed by atoms with E-state index in [0.717, 1.165) is 24.8 Å². The van der Waals surface area contributed by atoms with Crippen molar-refractivity contribution in [1.82, 2.24) is 5.73 Å². The molecule has 1 heteroatoms. The summed E-state index contributed by atoms with van der Waals surface area (Å²) < 4.78 is 0. The lowest BCUT2D eigenvalue weighted by Gasteiger charge is -2.19. The molecule has 1 nitrogen and oxygen atoms in total. The smallest absolute Gasteiger partial charge is 0.0685 e. The highest BCUT2D eigenvalue weighted by molar-refractivity contribution is 5.31. The average Bonchev–Trinajstić information content (AvgIpc) is 2.06. The van der Waals surface area contributed by atoms with Gasteiger partial charge in [-0.05, 0) is 30.4 Å². The molecular weight excluding hydrogens is 134 g/mol. The first-order chi connectivity index (χ1) is 5.38. The van der Waals surface area contributed by atoms with E-state index in [1.807, 2.05) is 18.2 Å². The highest BCUT2D eigenvalue weighted by atomic mass is 14.6. The maximum atomic E-state index is 9.56. The molecule has 0 heterocycles. The largest absolute Gasteiger partial charge is 0.136 e. The monoisotopic (exact) mass is 145 g/mol. The molecule has 56 valence electrons. The predicted octanol–water partition coefficient (Wildman–Crippen LogP) is 2.13. The van der Waals surface area contributed by atoms with E-state index in [-0.39, 0.29) is 6.04 Å². The van der Waals surface area contributed by atoms with Crippen LogP contribution in [0.5, 0.6) is 0 Å². The summed E-state index contributed by atoms with van der Waals surface area (Å²) in [4.78, 5) is 0. The Morgan fingerprint density at radius 3 is 2.91 bits per heavy atom. The zero-order valence-corrected chi connectivity index (χ0v) is 6.46. The van der Waals surface area contributed by atoms with Crippen LogP contribution in [0.25, 0.3) is 0 Å². The first-order valence-corrected chi connectivity index (χ1v) is 4.14. The van der Waals surface area contributed by atoms with Gasteiger partial charge in [0.2, 0.25) is 0 Å². The van der Waals surface area contributed by atoms with Gasteiger partial charge in [-0.15, -0.1) is 5.73 Å². The van der Waals surface area contributed by atoms with Gasteiger partial charge in [-0.3, -0.25) is 0 Å². The molecule has 0 fully saturated rings. The molecule has 1 unspecified atom stereocenters. The third kappa shape index (κ3) is 1.16. The number of benzene rings is 1. The molecule has 2 rings (SSSR count). The molecule has 11 heavy (non-hydrogen) atoms. The molecule has 0 aliphatic heterocycles. The van der Waals surface area contributed by atoms with Gasteiger partial charge in [0.05, 0.1) is 6.04 Å². The minimum atomic E-state index is -0.208. The van der Waals surface area contributed by atoms with Gasteiger partial charge in [0.15, 0.2) is 0 Å². The van der Waals surface area contributed by atoms with Crippen molar-refractivity contribution in [2.24, 2.45) is 0 Å². The molecule has 0 bridgehead atoms. The molecule has 0 aromatic heterocycles. The Morgan fingerprint density at radius 1 is 1.27 bits per heavy atom. The second-order valence-electron chi connectivity index (χ2n) is 3.11. The van der Waals surface area contributed by atoms with Gasteiger partial charge in [0.1, 0.15) is 0 Å². The van der Waals surface area contributed by atoms with Gasteiger partial charge in [-0.1, -0.05) is 24.3 Å². The second-order valence-corrected chi connectivity index (χ2v) is 3.11. The Balaban J connectivity index is 2.44. The van der Waals surface area contributed by atoms with Crippen LogP contribution in [0.15, 0.2) is 24.3 Å². The summed E-state index contributed by atoms with van der Waals surface area (Å²) in [5, 5.41) is 0. The van der Waals surface area contributed by atoms with Crippen LogP contribution < -0.4 is 5.73 Å². The molecule has 0 saturated heterocycles. The van der Waals surface area contributed by atoms with Crippen molar-refractivity contribution in [2.75, 3.05) is 0 Å². The fourth-order valence-corrected chi connectivity index (χ4v) is 1.73. The second kappa shape index (κ2) is 2.67. The van der Waals surface area contributed by atoms with E-state index in [1.54, 1.807) is 0 Å².